The first kappa shape index (κ1) is 14.7. The topological polar surface area (TPSA) is 30.7 Å². The Labute approximate surface area is 134 Å². The third-order valence-electron chi connectivity index (χ3n) is 3.71. The van der Waals surface area contributed by atoms with Crippen LogP contribution >= 0.6 is 11.6 Å². The number of aryl methyl sites for hydroxylation is 1. The SMILES string of the molecule is CCOc1ccc(-c2cc3c(C)cccn3c2C=O)c(Cl)c1. The molecule has 0 unspecified atom stereocenters. The maximum Gasteiger partial charge on any atom is 0.167 e. The van der Waals surface area contributed by atoms with E-state index in [4.69, 9.17) is 16.3 Å². The Balaban J connectivity index is 2.22. The van der Waals surface area contributed by atoms with E-state index in [2.05, 4.69) is 0 Å². The number of pyridine rings is 1. The van der Waals surface area contributed by atoms with Crippen molar-refractivity contribution in [1.82, 2.24) is 4.40 Å². The Kier molecular flexibility index (Phi) is 3.90. The first-order valence-corrected chi connectivity index (χ1v) is 7.52. The van der Waals surface area contributed by atoms with Gasteiger partial charge in [-0.1, -0.05) is 17.7 Å². The zero-order chi connectivity index (χ0) is 15.7. The molecule has 22 heavy (non-hydrogen) atoms. The first-order valence-electron chi connectivity index (χ1n) is 7.14. The van der Waals surface area contributed by atoms with Crippen LogP contribution in [0.5, 0.6) is 5.75 Å². The molecule has 0 bridgehead atoms. The number of hydrogen-bond donors (Lipinski definition) is 0. The molecule has 0 N–H and O–H groups in total. The highest BCUT2D eigenvalue weighted by molar-refractivity contribution is 6.33. The van der Waals surface area contributed by atoms with Gasteiger partial charge in [0, 0.05) is 22.8 Å². The van der Waals surface area contributed by atoms with E-state index >= 15 is 0 Å². The molecule has 1 aromatic carbocycles. The number of aldehydes is 1. The van der Waals surface area contributed by atoms with Crippen molar-refractivity contribution in [3.63, 3.8) is 0 Å². The van der Waals surface area contributed by atoms with Crippen LogP contribution in [0, 0.1) is 6.92 Å². The molecule has 3 rings (SSSR count). The molecular weight excluding hydrogens is 298 g/mol. The lowest BCUT2D eigenvalue weighted by Gasteiger charge is -2.07. The van der Waals surface area contributed by atoms with Gasteiger partial charge in [-0.05, 0) is 49.7 Å². The summed E-state index contributed by atoms with van der Waals surface area (Å²) >= 11 is 6.39. The van der Waals surface area contributed by atoms with E-state index in [1.807, 2.05) is 54.8 Å². The van der Waals surface area contributed by atoms with Gasteiger partial charge in [0.2, 0.25) is 0 Å². The molecule has 0 radical (unpaired) electrons. The molecule has 3 aromatic rings. The smallest absolute Gasteiger partial charge is 0.167 e. The summed E-state index contributed by atoms with van der Waals surface area (Å²) in [7, 11) is 0. The summed E-state index contributed by atoms with van der Waals surface area (Å²) in [5, 5.41) is 0.572. The van der Waals surface area contributed by atoms with E-state index in [-0.39, 0.29) is 0 Å². The summed E-state index contributed by atoms with van der Waals surface area (Å²) in [4.78, 5) is 11.6. The number of carbonyl (C=O) groups is 1. The summed E-state index contributed by atoms with van der Waals surface area (Å²) in [6.45, 7) is 4.54. The Morgan fingerprint density at radius 2 is 2.05 bits per heavy atom. The lowest BCUT2D eigenvalue weighted by Crippen LogP contribution is -1.94. The van der Waals surface area contributed by atoms with Crippen molar-refractivity contribution in [1.29, 1.82) is 0 Å². The molecule has 0 saturated carbocycles. The number of ether oxygens (including phenoxy) is 1. The van der Waals surface area contributed by atoms with Crippen LogP contribution in [0.3, 0.4) is 0 Å². The van der Waals surface area contributed by atoms with Crippen LogP contribution in [0.25, 0.3) is 16.6 Å². The Hall–Kier alpha value is -2.26. The number of aromatic nitrogens is 1. The Morgan fingerprint density at radius 1 is 1.23 bits per heavy atom. The molecule has 0 spiro atoms. The predicted octanol–water partition coefficient (Wildman–Crippen LogP) is 4.78. The van der Waals surface area contributed by atoms with Gasteiger partial charge in [-0.2, -0.15) is 0 Å². The van der Waals surface area contributed by atoms with Crippen LogP contribution in [0.1, 0.15) is 23.0 Å². The second kappa shape index (κ2) is 5.85. The number of benzene rings is 1. The minimum absolute atomic E-state index is 0.572. The van der Waals surface area contributed by atoms with E-state index in [1.165, 1.54) is 0 Å². The van der Waals surface area contributed by atoms with Crippen molar-refractivity contribution >= 4 is 23.4 Å². The molecule has 0 aliphatic carbocycles. The fourth-order valence-corrected chi connectivity index (χ4v) is 2.94. The average Bonchev–Trinajstić information content (AvgIpc) is 2.87. The van der Waals surface area contributed by atoms with Crippen molar-refractivity contribution in [3.05, 3.63) is 58.9 Å². The van der Waals surface area contributed by atoms with Crippen molar-refractivity contribution in [2.75, 3.05) is 6.61 Å². The summed E-state index contributed by atoms with van der Waals surface area (Å²) < 4.78 is 7.35. The van der Waals surface area contributed by atoms with Crippen LogP contribution in [-0.4, -0.2) is 17.3 Å². The third kappa shape index (κ3) is 2.38. The maximum absolute atomic E-state index is 11.6. The first-order chi connectivity index (χ1) is 10.7. The number of halogens is 1. The average molecular weight is 314 g/mol. The van der Waals surface area contributed by atoms with Gasteiger partial charge in [0.15, 0.2) is 6.29 Å². The lowest BCUT2D eigenvalue weighted by atomic mass is 10.1. The van der Waals surface area contributed by atoms with Gasteiger partial charge in [-0.15, -0.1) is 0 Å². The fourth-order valence-electron chi connectivity index (χ4n) is 2.67. The molecular formula is C18H16ClNO2. The van der Waals surface area contributed by atoms with Gasteiger partial charge in [-0.25, -0.2) is 0 Å². The molecule has 2 heterocycles. The zero-order valence-corrected chi connectivity index (χ0v) is 13.2. The molecule has 3 nitrogen and oxygen atoms in total. The molecule has 0 aliphatic rings. The monoisotopic (exact) mass is 313 g/mol. The van der Waals surface area contributed by atoms with Crippen LogP contribution in [0.15, 0.2) is 42.6 Å². The van der Waals surface area contributed by atoms with E-state index in [1.54, 1.807) is 6.07 Å². The van der Waals surface area contributed by atoms with Gasteiger partial charge >= 0.3 is 0 Å². The van der Waals surface area contributed by atoms with Gasteiger partial charge < -0.3 is 9.14 Å². The zero-order valence-electron chi connectivity index (χ0n) is 12.5. The fraction of sp³-hybridized carbons (Fsp3) is 0.167. The molecule has 0 fully saturated rings. The molecule has 0 atom stereocenters. The highest BCUT2D eigenvalue weighted by Crippen LogP contribution is 2.35. The quantitative estimate of drug-likeness (QED) is 0.649. The number of rotatable bonds is 4. The van der Waals surface area contributed by atoms with Crippen molar-refractivity contribution in [2.24, 2.45) is 0 Å². The summed E-state index contributed by atoms with van der Waals surface area (Å²) in [5.74, 6) is 0.726. The minimum atomic E-state index is 0.572. The van der Waals surface area contributed by atoms with Gasteiger partial charge in [0.05, 0.1) is 17.3 Å². The minimum Gasteiger partial charge on any atom is -0.494 e. The largest absolute Gasteiger partial charge is 0.494 e. The Bertz CT molecular complexity index is 852. The van der Waals surface area contributed by atoms with Crippen LogP contribution in [-0.2, 0) is 0 Å². The third-order valence-corrected chi connectivity index (χ3v) is 4.03. The van der Waals surface area contributed by atoms with Crippen LogP contribution < -0.4 is 4.74 Å². The van der Waals surface area contributed by atoms with E-state index < -0.39 is 0 Å². The predicted molar refractivity (Wildman–Crippen MR) is 89.1 cm³/mol. The molecule has 112 valence electrons. The van der Waals surface area contributed by atoms with Crippen molar-refractivity contribution in [2.45, 2.75) is 13.8 Å². The summed E-state index contributed by atoms with van der Waals surface area (Å²) in [6, 6.07) is 11.5. The number of nitrogens with zero attached hydrogens (tertiary/aromatic N) is 1. The van der Waals surface area contributed by atoms with Crippen molar-refractivity contribution in [3.8, 4) is 16.9 Å². The number of hydrogen-bond acceptors (Lipinski definition) is 2. The Morgan fingerprint density at radius 3 is 2.73 bits per heavy atom. The maximum atomic E-state index is 11.6. The molecule has 0 saturated heterocycles. The highest BCUT2D eigenvalue weighted by atomic mass is 35.5. The normalized spacial score (nSPS) is 10.9. The van der Waals surface area contributed by atoms with Crippen LogP contribution in [0.2, 0.25) is 5.02 Å². The van der Waals surface area contributed by atoms with E-state index in [0.29, 0.717) is 17.3 Å². The molecule has 2 aromatic heterocycles. The highest BCUT2D eigenvalue weighted by Gasteiger charge is 2.15. The van der Waals surface area contributed by atoms with Gasteiger partial charge in [-0.3, -0.25) is 4.79 Å². The summed E-state index contributed by atoms with van der Waals surface area (Å²) in [5.41, 5.74) is 4.38. The second-order valence-corrected chi connectivity index (χ2v) is 5.49. The van der Waals surface area contributed by atoms with E-state index in [0.717, 1.165) is 34.2 Å². The number of carbonyl (C=O) groups excluding carboxylic acids is 1. The second-order valence-electron chi connectivity index (χ2n) is 5.08. The lowest BCUT2D eigenvalue weighted by molar-refractivity contribution is 0.111. The molecule has 0 aliphatic heterocycles. The van der Waals surface area contributed by atoms with Crippen LogP contribution in [0.4, 0.5) is 0 Å². The van der Waals surface area contributed by atoms with Gasteiger partial charge in [0.1, 0.15) is 5.75 Å². The van der Waals surface area contributed by atoms with Gasteiger partial charge in [0.25, 0.3) is 0 Å². The standard InChI is InChI=1S/C18H16ClNO2/c1-3-22-13-6-7-14(16(19)9-13)15-10-17-12(2)5-4-8-20(17)18(15)11-21/h4-11H,3H2,1-2H3. The summed E-state index contributed by atoms with van der Waals surface area (Å²) in [6.07, 6.45) is 2.76. The molecule has 0 amide bonds. The number of fused-ring (bicyclic) bond motifs is 1. The van der Waals surface area contributed by atoms with E-state index in [9.17, 15) is 4.79 Å². The van der Waals surface area contributed by atoms with Crippen molar-refractivity contribution < 1.29 is 9.53 Å². The molecule has 4 heteroatoms.